The molecule has 0 aromatic carbocycles. The molecule has 0 aromatic heterocycles. The first kappa shape index (κ1) is 8.98. The average molecular weight is 180 g/mol. The minimum absolute atomic E-state index is 0.0683. The van der Waals surface area contributed by atoms with Crippen LogP contribution in [0, 0.1) is 16.7 Å². The van der Waals surface area contributed by atoms with Crippen molar-refractivity contribution in [2.24, 2.45) is 5.41 Å². The Morgan fingerprint density at radius 1 is 1.38 bits per heavy atom. The fourth-order valence-electron chi connectivity index (χ4n) is 1.93. The van der Waals surface area contributed by atoms with Crippen molar-refractivity contribution in [2.75, 3.05) is 26.3 Å². The molecule has 0 aliphatic carbocycles. The second-order valence-corrected chi connectivity index (χ2v) is 4.40. The molecule has 2 heterocycles. The predicted molar refractivity (Wildman–Crippen MR) is 49.1 cm³/mol. The van der Waals surface area contributed by atoms with Crippen molar-refractivity contribution in [3.8, 4) is 6.07 Å². The van der Waals surface area contributed by atoms with E-state index in [1.807, 2.05) is 0 Å². The third kappa shape index (κ3) is 1.70. The summed E-state index contributed by atoms with van der Waals surface area (Å²) < 4.78 is 5.16. The van der Waals surface area contributed by atoms with Gasteiger partial charge in [0.1, 0.15) is 0 Å². The molecule has 2 aliphatic heterocycles. The number of hydrogen-bond donors (Lipinski definition) is 0. The van der Waals surface area contributed by atoms with Gasteiger partial charge in [-0.25, -0.2) is 0 Å². The molecule has 2 saturated heterocycles. The van der Waals surface area contributed by atoms with Gasteiger partial charge in [-0.1, -0.05) is 0 Å². The zero-order chi connectivity index (χ0) is 9.31. The minimum Gasteiger partial charge on any atom is -0.378 e. The summed E-state index contributed by atoms with van der Waals surface area (Å²) in [4.78, 5) is 2.46. The SMILES string of the molecule is CC1(C#N)CCN(C2COC2)CC1. The molecule has 0 aromatic rings. The summed E-state index contributed by atoms with van der Waals surface area (Å²) in [7, 11) is 0. The molecular formula is C10H16N2O. The molecule has 0 spiro atoms. The summed E-state index contributed by atoms with van der Waals surface area (Å²) in [5.74, 6) is 0. The van der Waals surface area contributed by atoms with Crippen molar-refractivity contribution in [1.29, 1.82) is 5.26 Å². The molecule has 2 aliphatic rings. The van der Waals surface area contributed by atoms with Crippen LogP contribution < -0.4 is 0 Å². The van der Waals surface area contributed by atoms with Gasteiger partial charge in [-0.3, -0.25) is 4.90 Å². The average Bonchev–Trinajstić information content (AvgIpc) is 2.06. The van der Waals surface area contributed by atoms with Gasteiger partial charge in [0.15, 0.2) is 0 Å². The fraction of sp³-hybridized carbons (Fsp3) is 0.900. The van der Waals surface area contributed by atoms with Crippen molar-refractivity contribution in [2.45, 2.75) is 25.8 Å². The first-order valence-electron chi connectivity index (χ1n) is 4.97. The molecule has 72 valence electrons. The molecule has 3 heteroatoms. The third-order valence-corrected chi connectivity index (χ3v) is 3.31. The maximum Gasteiger partial charge on any atom is 0.0687 e. The van der Waals surface area contributed by atoms with Crippen molar-refractivity contribution < 1.29 is 4.74 Å². The van der Waals surface area contributed by atoms with Crippen LogP contribution in [0.1, 0.15) is 19.8 Å². The van der Waals surface area contributed by atoms with Gasteiger partial charge in [0.05, 0.1) is 30.7 Å². The van der Waals surface area contributed by atoms with Crippen LogP contribution in [-0.2, 0) is 4.74 Å². The Morgan fingerprint density at radius 2 is 2.00 bits per heavy atom. The van der Waals surface area contributed by atoms with Crippen LogP contribution in [0.25, 0.3) is 0 Å². The van der Waals surface area contributed by atoms with Crippen molar-refractivity contribution in [1.82, 2.24) is 4.90 Å². The Kier molecular flexibility index (Phi) is 2.27. The lowest BCUT2D eigenvalue weighted by molar-refractivity contribution is -0.0764. The molecular weight excluding hydrogens is 164 g/mol. The zero-order valence-corrected chi connectivity index (χ0v) is 8.12. The topological polar surface area (TPSA) is 36.3 Å². The van der Waals surface area contributed by atoms with Crippen molar-refractivity contribution >= 4 is 0 Å². The standard InChI is InChI=1S/C10H16N2O/c1-10(8-11)2-4-12(5-3-10)9-6-13-7-9/h9H,2-7H2,1H3. The summed E-state index contributed by atoms with van der Waals surface area (Å²) in [5, 5.41) is 8.95. The van der Waals surface area contributed by atoms with Crippen LogP contribution in [0.15, 0.2) is 0 Å². The number of nitriles is 1. The lowest BCUT2D eigenvalue weighted by Gasteiger charge is -2.42. The highest BCUT2D eigenvalue weighted by Gasteiger charge is 2.34. The minimum atomic E-state index is -0.0683. The Morgan fingerprint density at radius 3 is 2.38 bits per heavy atom. The van der Waals surface area contributed by atoms with Crippen LogP contribution in [0.3, 0.4) is 0 Å². The van der Waals surface area contributed by atoms with Gasteiger partial charge in [-0.2, -0.15) is 5.26 Å². The quantitative estimate of drug-likeness (QED) is 0.604. The van der Waals surface area contributed by atoms with E-state index in [-0.39, 0.29) is 5.41 Å². The van der Waals surface area contributed by atoms with Crippen molar-refractivity contribution in [3.63, 3.8) is 0 Å². The van der Waals surface area contributed by atoms with E-state index in [4.69, 9.17) is 10.00 Å². The molecule has 0 N–H and O–H groups in total. The largest absolute Gasteiger partial charge is 0.378 e. The van der Waals surface area contributed by atoms with Gasteiger partial charge in [-0.05, 0) is 19.8 Å². The summed E-state index contributed by atoms with van der Waals surface area (Å²) >= 11 is 0. The molecule has 0 saturated carbocycles. The molecule has 13 heavy (non-hydrogen) atoms. The predicted octanol–water partition coefficient (Wildman–Crippen LogP) is 1.01. The van der Waals surface area contributed by atoms with E-state index in [0.717, 1.165) is 39.1 Å². The van der Waals surface area contributed by atoms with Gasteiger partial charge in [-0.15, -0.1) is 0 Å². The van der Waals surface area contributed by atoms with Gasteiger partial charge in [0.25, 0.3) is 0 Å². The van der Waals surface area contributed by atoms with E-state index in [0.29, 0.717) is 6.04 Å². The molecule has 0 amide bonds. The van der Waals surface area contributed by atoms with Crippen LogP contribution in [0.4, 0.5) is 0 Å². The second-order valence-electron chi connectivity index (χ2n) is 4.40. The fourth-order valence-corrected chi connectivity index (χ4v) is 1.93. The van der Waals surface area contributed by atoms with Gasteiger partial charge in [0, 0.05) is 13.1 Å². The third-order valence-electron chi connectivity index (χ3n) is 3.31. The number of ether oxygens (including phenoxy) is 1. The Bertz CT molecular complexity index is 222. The maximum absolute atomic E-state index is 8.95. The van der Waals surface area contributed by atoms with Crippen molar-refractivity contribution in [3.05, 3.63) is 0 Å². The number of rotatable bonds is 1. The number of likely N-dealkylation sites (tertiary alicyclic amines) is 1. The molecule has 0 unspecified atom stereocenters. The summed E-state index contributed by atoms with van der Waals surface area (Å²) in [6.07, 6.45) is 2.03. The molecule has 0 bridgehead atoms. The molecule has 2 rings (SSSR count). The van der Waals surface area contributed by atoms with E-state index >= 15 is 0 Å². The Balaban J connectivity index is 1.85. The summed E-state index contributed by atoms with van der Waals surface area (Å²) in [5.41, 5.74) is -0.0683. The summed E-state index contributed by atoms with van der Waals surface area (Å²) in [6, 6.07) is 3.06. The van der Waals surface area contributed by atoms with E-state index in [9.17, 15) is 0 Å². The molecule has 2 fully saturated rings. The Labute approximate surface area is 79.3 Å². The number of hydrogen-bond acceptors (Lipinski definition) is 3. The van der Waals surface area contributed by atoms with Crippen LogP contribution in [0.5, 0.6) is 0 Å². The van der Waals surface area contributed by atoms with Crippen LogP contribution in [0.2, 0.25) is 0 Å². The highest BCUT2D eigenvalue weighted by molar-refractivity contribution is 4.99. The highest BCUT2D eigenvalue weighted by Crippen LogP contribution is 2.31. The monoisotopic (exact) mass is 180 g/mol. The molecule has 3 nitrogen and oxygen atoms in total. The second kappa shape index (κ2) is 3.28. The van der Waals surface area contributed by atoms with Crippen LogP contribution >= 0.6 is 0 Å². The van der Waals surface area contributed by atoms with Crippen LogP contribution in [-0.4, -0.2) is 37.2 Å². The zero-order valence-electron chi connectivity index (χ0n) is 8.12. The van der Waals surface area contributed by atoms with E-state index in [1.54, 1.807) is 0 Å². The first-order chi connectivity index (χ1) is 6.23. The maximum atomic E-state index is 8.95. The lowest BCUT2D eigenvalue weighted by Crippen LogP contribution is -2.52. The van der Waals surface area contributed by atoms with E-state index < -0.39 is 0 Å². The first-order valence-corrected chi connectivity index (χ1v) is 4.97. The number of nitrogens with zero attached hydrogens (tertiary/aromatic N) is 2. The van der Waals surface area contributed by atoms with Gasteiger partial charge >= 0.3 is 0 Å². The lowest BCUT2D eigenvalue weighted by atomic mass is 9.81. The summed E-state index contributed by atoms with van der Waals surface area (Å²) in [6.45, 7) is 5.99. The number of piperidine rings is 1. The van der Waals surface area contributed by atoms with E-state index in [1.165, 1.54) is 0 Å². The smallest absolute Gasteiger partial charge is 0.0687 e. The Hall–Kier alpha value is -0.590. The van der Waals surface area contributed by atoms with E-state index in [2.05, 4.69) is 17.9 Å². The molecule has 0 radical (unpaired) electrons. The highest BCUT2D eigenvalue weighted by atomic mass is 16.5. The normalized spacial score (nSPS) is 29.2. The van der Waals surface area contributed by atoms with Gasteiger partial charge < -0.3 is 4.74 Å². The molecule has 0 atom stereocenters. The van der Waals surface area contributed by atoms with Gasteiger partial charge in [0.2, 0.25) is 0 Å².